The average Bonchev–Trinajstić information content (AvgIpc) is 2.96. The van der Waals surface area contributed by atoms with Gasteiger partial charge in [0, 0.05) is 37.7 Å². The Balaban J connectivity index is 1.81. The van der Waals surface area contributed by atoms with Crippen LogP contribution >= 0.6 is 0 Å². The zero-order chi connectivity index (χ0) is 12.3. The van der Waals surface area contributed by atoms with Crippen LogP contribution in [0.5, 0.6) is 0 Å². The highest BCUT2D eigenvalue weighted by Gasteiger charge is 2.37. The molecule has 1 heterocycles. The van der Waals surface area contributed by atoms with Crippen molar-refractivity contribution in [1.82, 2.24) is 10.2 Å². The number of nitrogens with one attached hydrogen (secondary N) is 1. The summed E-state index contributed by atoms with van der Waals surface area (Å²) in [6.07, 6.45) is 3.96. The van der Waals surface area contributed by atoms with E-state index in [-0.39, 0.29) is 0 Å². The molecule has 2 fully saturated rings. The molecule has 1 aliphatic carbocycles. The summed E-state index contributed by atoms with van der Waals surface area (Å²) in [7, 11) is 2.25. The van der Waals surface area contributed by atoms with E-state index in [0.717, 1.165) is 31.7 Å². The number of hydrogen-bond acceptors (Lipinski definition) is 3. The second-order valence-corrected chi connectivity index (χ2v) is 6.55. The molecule has 0 radical (unpaired) electrons. The zero-order valence-corrected chi connectivity index (χ0v) is 11.7. The molecule has 0 aromatic rings. The van der Waals surface area contributed by atoms with E-state index in [4.69, 9.17) is 4.74 Å². The molecule has 1 saturated carbocycles. The van der Waals surface area contributed by atoms with E-state index in [2.05, 4.69) is 31.1 Å². The van der Waals surface area contributed by atoms with Crippen molar-refractivity contribution in [3.05, 3.63) is 0 Å². The number of rotatable bonds is 7. The van der Waals surface area contributed by atoms with E-state index >= 15 is 0 Å². The molecule has 1 atom stereocenters. The van der Waals surface area contributed by atoms with Crippen molar-refractivity contribution in [2.75, 3.05) is 39.9 Å². The van der Waals surface area contributed by atoms with Gasteiger partial charge in [-0.25, -0.2) is 0 Å². The van der Waals surface area contributed by atoms with Crippen LogP contribution in [0.3, 0.4) is 0 Å². The molecular weight excluding hydrogens is 212 g/mol. The molecule has 2 rings (SSSR count). The van der Waals surface area contributed by atoms with E-state index in [0.29, 0.717) is 5.41 Å². The third-order valence-corrected chi connectivity index (χ3v) is 3.81. The van der Waals surface area contributed by atoms with Crippen LogP contribution < -0.4 is 5.32 Å². The van der Waals surface area contributed by atoms with Gasteiger partial charge >= 0.3 is 0 Å². The summed E-state index contributed by atoms with van der Waals surface area (Å²) >= 11 is 0. The molecule has 1 unspecified atom stereocenters. The molecule has 100 valence electrons. The van der Waals surface area contributed by atoms with Crippen LogP contribution in [0.15, 0.2) is 0 Å². The van der Waals surface area contributed by atoms with Gasteiger partial charge in [-0.3, -0.25) is 0 Å². The summed E-state index contributed by atoms with van der Waals surface area (Å²) in [4.78, 5) is 2.48. The lowest BCUT2D eigenvalue weighted by atomic mass is 9.86. The molecule has 0 bridgehead atoms. The van der Waals surface area contributed by atoms with Crippen LogP contribution in [0.4, 0.5) is 0 Å². The normalized spacial score (nSPS) is 29.5. The predicted octanol–water partition coefficient (Wildman–Crippen LogP) is 1.73. The lowest BCUT2D eigenvalue weighted by Gasteiger charge is -2.33. The van der Waals surface area contributed by atoms with Gasteiger partial charge < -0.3 is 15.0 Å². The Kier molecular flexibility index (Phi) is 4.45. The first kappa shape index (κ1) is 13.3. The van der Waals surface area contributed by atoms with Crippen LogP contribution in [-0.4, -0.2) is 50.8 Å². The molecule has 0 amide bonds. The van der Waals surface area contributed by atoms with E-state index in [9.17, 15) is 0 Å². The van der Waals surface area contributed by atoms with Gasteiger partial charge in [0.2, 0.25) is 0 Å². The second-order valence-electron chi connectivity index (χ2n) is 6.55. The maximum absolute atomic E-state index is 5.65. The van der Waals surface area contributed by atoms with Gasteiger partial charge in [0.15, 0.2) is 0 Å². The first-order valence-corrected chi connectivity index (χ1v) is 7.09. The van der Waals surface area contributed by atoms with Gasteiger partial charge in [-0.2, -0.15) is 0 Å². The topological polar surface area (TPSA) is 24.5 Å². The summed E-state index contributed by atoms with van der Waals surface area (Å²) in [5, 5.41) is 3.69. The minimum Gasteiger partial charge on any atom is -0.381 e. The van der Waals surface area contributed by atoms with E-state index < -0.39 is 0 Å². The van der Waals surface area contributed by atoms with Crippen LogP contribution in [-0.2, 0) is 4.74 Å². The molecule has 0 aromatic heterocycles. The number of ether oxygens (including phenoxy) is 1. The summed E-state index contributed by atoms with van der Waals surface area (Å²) in [5.41, 5.74) is 0.367. The smallest absolute Gasteiger partial charge is 0.0547 e. The zero-order valence-electron chi connectivity index (χ0n) is 11.7. The van der Waals surface area contributed by atoms with E-state index in [1.54, 1.807) is 0 Å². The monoisotopic (exact) mass is 240 g/mol. The first-order valence-electron chi connectivity index (χ1n) is 7.09. The molecule has 1 aliphatic heterocycles. The van der Waals surface area contributed by atoms with Crippen LogP contribution in [0.2, 0.25) is 0 Å². The number of hydrogen-bond donors (Lipinski definition) is 1. The second kappa shape index (κ2) is 5.68. The fraction of sp³-hybridized carbons (Fsp3) is 1.00. The van der Waals surface area contributed by atoms with Crippen molar-refractivity contribution < 1.29 is 4.74 Å². The molecule has 0 spiro atoms. The Bertz CT molecular complexity index is 232. The number of nitrogens with zero attached hydrogens (tertiary/aromatic N) is 1. The maximum atomic E-state index is 5.65. The van der Waals surface area contributed by atoms with Crippen LogP contribution in [0.25, 0.3) is 0 Å². The van der Waals surface area contributed by atoms with Crippen molar-refractivity contribution in [1.29, 1.82) is 0 Å². The molecule has 0 aromatic carbocycles. The third kappa shape index (κ3) is 4.23. The largest absolute Gasteiger partial charge is 0.381 e. The average molecular weight is 240 g/mol. The predicted molar refractivity (Wildman–Crippen MR) is 71.2 cm³/mol. The Hall–Kier alpha value is -0.120. The standard InChI is InChI=1S/C14H28N2O/c1-12(2)8-16(3)10-14(6-7-17-11-14)9-15-13-4-5-13/h12-13,15H,4-11H2,1-3H3. The van der Waals surface area contributed by atoms with Crippen LogP contribution in [0, 0.1) is 11.3 Å². The van der Waals surface area contributed by atoms with Crippen molar-refractivity contribution in [3.63, 3.8) is 0 Å². The van der Waals surface area contributed by atoms with E-state index in [1.807, 2.05) is 0 Å². The summed E-state index contributed by atoms with van der Waals surface area (Å²) < 4.78 is 5.65. The van der Waals surface area contributed by atoms with Crippen molar-refractivity contribution in [3.8, 4) is 0 Å². The molecular formula is C14H28N2O. The van der Waals surface area contributed by atoms with Crippen LogP contribution in [0.1, 0.15) is 33.1 Å². The quantitative estimate of drug-likeness (QED) is 0.733. The summed E-state index contributed by atoms with van der Waals surface area (Å²) in [5.74, 6) is 0.746. The molecule has 2 aliphatic rings. The van der Waals surface area contributed by atoms with Gasteiger partial charge in [0.05, 0.1) is 6.61 Å². The SMILES string of the molecule is CC(C)CN(C)CC1(CNC2CC2)CCOC1. The first-order chi connectivity index (χ1) is 8.10. The highest BCUT2D eigenvalue weighted by molar-refractivity contribution is 4.91. The van der Waals surface area contributed by atoms with E-state index in [1.165, 1.54) is 32.4 Å². The summed E-state index contributed by atoms with van der Waals surface area (Å²) in [6.45, 7) is 9.96. The van der Waals surface area contributed by atoms with Crippen molar-refractivity contribution in [2.24, 2.45) is 11.3 Å². The fourth-order valence-corrected chi connectivity index (χ4v) is 2.88. The van der Waals surface area contributed by atoms with Gasteiger partial charge in [0.25, 0.3) is 0 Å². The molecule has 1 saturated heterocycles. The van der Waals surface area contributed by atoms with Gasteiger partial charge in [-0.15, -0.1) is 0 Å². The highest BCUT2D eigenvalue weighted by Crippen LogP contribution is 2.30. The third-order valence-electron chi connectivity index (χ3n) is 3.81. The van der Waals surface area contributed by atoms with Gasteiger partial charge in [-0.05, 0) is 32.2 Å². The Labute approximate surface area is 106 Å². The molecule has 3 nitrogen and oxygen atoms in total. The lowest BCUT2D eigenvalue weighted by molar-refractivity contribution is 0.114. The van der Waals surface area contributed by atoms with Gasteiger partial charge in [0.1, 0.15) is 0 Å². The Morgan fingerprint density at radius 2 is 2.18 bits per heavy atom. The molecule has 17 heavy (non-hydrogen) atoms. The lowest BCUT2D eigenvalue weighted by Crippen LogP contribution is -2.44. The molecule has 1 N–H and O–H groups in total. The van der Waals surface area contributed by atoms with Gasteiger partial charge in [-0.1, -0.05) is 13.8 Å². The van der Waals surface area contributed by atoms with Crippen molar-refractivity contribution in [2.45, 2.75) is 39.2 Å². The minimum atomic E-state index is 0.367. The summed E-state index contributed by atoms with van der Waals surface area (Å²) in [6, 6.07) is 0.808. The molecule has 3 heteroatoms. The highest BCUT2D eigenvalue weighted by atomic mass is 16.5. The fourth-order valence-electron chi connectivity index (χ4n) is 2.88. The van der Waals surface area contributed by atoms with Crippen molar-refractivity contribution >= 4 is 0 Å². The Morgan fingerprint density at radius 3 is 2.71 bits per heavy atom. The minimum absolute atomic E-state index is 0.367. The Morgan fingerprint density at radius 1 is 1.41 bits per heavy atom. The maximum Gasteiger partial charge on any atom is 0.0547 e.